The van der Waals surface area contributed by atoms with Crippen molar-refractivity contribution in [1.82, 2.24) is 0 Å². The Morgan fingerprint density at radius 1 is 1.23 bits per heavy atom. The number of hydrogen-bond donors (Lipinski definition) is 0. The number of benzene rings is 2. The number of terminal acetylenes is 1. The van der Waals surface area contributed by atoms with E-state index in [2.05, 4.69) is 30.7 Å². The Morgan fingerprint density at radius 3 is 2.64 bits per heavy atom. The van der Waals surface area contributed by atoms with Crippen LogP contribution in [-0.2, 0) is 20.6 Å². The largest absolute Gasteiger partial charge is 0.440 e. The van der Waals surface area contributed by atoms with E-state index in [-0.39, 0.29) is 0 Å². The van der Waals surface area contributed by atoms with E-state index in [4.69, 9.17) is 20.6 Å². The minimum Gasteiger partial charge on any atom is -0.440 e. The third-order valence-electron chi connectivity index (χ3n) is 4.04. The maximum Gasteiger partial charge on any atom is 0.325 e. The topological polar surface area (TPSA) is 27.7 Å². The Labute approximate surface area is 130 Å². The fourth-order valence-corrected chi connectivity index (χ4v) is 2.79. The van der Waals surface area contributed by atoms with E-state index in [1.165, 1.54) is 7.11 Å². The lowest BCUT2D eigenvalue weighted by atomic mass is 9.91. The van der Waals surface area contributed by atoms with Gasteiger partial charge in [0.15, 0.2) is 5.60 Å². The Balaban J connectivity index is 2.03. The van der Waals surface area contributed by atoms with Crippen LogP contribution in [-0.4, -0.2) is 18.7 Å². The Bertz CT molecular complexity index is 768. The van der Waals surface area contributed by atoms with E-state index in [0.717, 1.165) is 16.3 Å². The average Bonchev–Trinajstić information content (AvgIpc) is 2.79. The van der Waals surface area contributed by atoms with Crippen molar-refractivity contribution in [3.05, 3.63) is 60.4 Å². The summed E-state index contributed by atoms with van der Waals surface area (Å²) in [4.78, 5) is 0. The third kappa shape index (κ3) is 2.27. The van der Waals surface area contributed by atoms with Gasteiger partial charge >= 0.3 is 5.97 Å². The highest BCUT2D eigenvalue weighted by Crippen LogP contribution is 2.41. The van der Waals surface area contributed by atoms with Crippen LogP contribution in [0.25, 0.3) is 10.8 Å². The lowest BCUT2D eigenvalue weighted by molar-refractivity contribution is -0.315. The summed E-state index contributed by atoms with van der Waals surface area (Å²) < 4.78 is 16.8. The highest BCUT2D eigenvalue weighted by atomic mass is 16.9. The zero-order valence-corrected chi connectivity index (χ0v) is 12.8. The summed E-state index contributed by atoms with van der Waals surface area (Å²) in [5.41, 5.74) is 0.0515. The molecule has 1 heterocycles. The molecule has 0 saturated carbocycles. The van der Waals surface area contributed by atoms with Gasteiger partial charge in [-0.2, -0.15) is 0 Å². The van der Waals surface area contributed by atoms with E-state index in [1.54, 1.807) is 6.92 Å². The first-order valence-corrected chi connectivity index (χ1v) is 7.10. The van der Waals surface area contributed by atoms with Crippen LogP contribution in [0.4, 0.5) is 0 Å². The molecule has 2 atom stereocenters. The van der Waals surface area contributed by atoms with Gasteiger partial charge in [-0.05, 0) is 16.3 Å². The van der Waals surface area contributed by atoms with Crippen molar-refractivity contribution in [2.45, 2.75) is 24.9 Å². The summed E-state index contributed by atoms with van der Waals surface area (Å²) in [5.74, 6) is 1.90. The summed E-state index contributed by atoms with van der Waals surface area (Å²) in [7, 11) is 1.51. The van der Waals surface area contributed by atoms with Crippen LogP contribution >= 0.6 is 0 Å². The molecule has 0 aliphatic carbocycles. The van der Waals surface area contributed by atoms with Gasteiger partial charge in [-0.1, -0.05) is 55.0 Å². The van der Waals surface area contributed by atoms with Crippen molar-refractivity contribution in [3.8, 4) is 12.3 Å². The van der Waals surface area contributed by atoms with Crippen LogP contribution in [0, 0.1) is 12.3 Å². The van der Waals surface area contributed by atoms with Gasteiger partial charge in [-0.15, -0.1) is 6.42 Å². The molecule has 1 saturated heterocycles. The van der Waals surface area contributed by atoms with Gasteiger partial charge in [0, 0.05) is 20.5 Å². The van der Waals surface area contributed by atoms with Gasteiger partial charge < -0.3 is 9.47 Å². The molecule has 0 N–H and O–H groups in total. The number of methoxy groups -OCH3 is 1. The Kier molecular flexibility index (Phi) is 3.44. The molecule has 0 radical (unpaired) electrons. The molecule has 2 aromatic carbocycles. The predicted molar refractivity (Wildman–Crippen MR) is 85.9 cm³/mol. The van der Waals surface area contributed by atoms with E-state index >= 15 is 0 Å². The van der Waals surface area contributed by atoms with Gasteiger partial charge in [-0.3, -0.25) is 4.74 Å². The number of fused-ring (bicyclic) bond motifs is 1. The maximum absolute atomic E-state index is 5.92. The Morgan fingerprint density at radius 2 is 1.95 bits per heavy atom. The number of ether oxygens (including phenoxy) is 3. The second-order valence-corrected chi connectivity index (χ2v) is 5.48. The molecule has 112 valence electrons. The molecule has 0 amide bonds. The zero-order valence-electron chi connectivity index (χ0n) is 12.8. The van der Waals surface area contributed by atoms with E-state index in [0.29, 0.717) is 12.2 Å². The van der Waals surface area contributed by atoms with E-state index in [9.17, 15) is 0 Å². The van der Waals surface area contributed by atoms with Crippen molar-refractivity contribution in [2.75, 3.05) is 7.11 Å². The monoisotopic (exact) mass is 294 g/mol. The number of hydrogen-bond acceptors (Lipinski definition) is 3. The molecule has 3 nitrogen and oxygen atoms in total. The van der Waals surface area contributed by atoms with Gasteiger partial charge in [-0.25, -0.2) is 0 Å². The first-order valence-electron chi connectivity index (χ1n) is 7.10. The summed E-state index contributed by atoms with van der Waals surface area (Å²) in [6, 6.07) is 14.3. The summed E-state index contributed by atoms with van der Waals surface area (Å²) in [6.07, 6.45) is 6.23. The lowest BCUT2D eigenvalue weighted by Crippen LogP contribution is -2.36. The Hall–Kier alpha value is -2.28. The molecular weight excluding hydrogens is 276 g/mol. The van der Waals surface area contributed by atoms with Crippen LogP contribution in [0.2, 0.25) is 0 Å². The normalized spacial score (nSPS) is 27.6. The first-order chi connectivity index (χ1) is 10.5. The van der Waals surface area contributed by atoms with Gasteiger partial charge in [0.05, 0.1) is 0 Å². The predicted octanol–water partition coefficient (Wildman–Crippen LogP) is 3.63. The smallest absolute Gasteiger partial charge is 0.325 e. The maximum atomic E-state index is 5.92. The summed E-state index contributed by atoms with van der Waals surface area (Å²) in [5, 5.41) is 2.30. The molecule has 2 unspecified atom stereocenters. The summed E-state index contributed by atoms with van der Waals surface area (Å²) >= 11 is 0. The molecule has 1 aliphatic rings. The number of rotatable bonds is 3. The van der Waals surface area contributed by atoms with E-state index in [1.807, 2.05) is 24.3 Å². The second kappa shape index (κ2) is 5.17. The van der Waals surface area contributed by atoms with Crippen molar-refractivity contribution in [3.63, 3.8) is 0 Å². The highest BCUT2D eigenvalue weighted by Gasteiger charge is 2.51. The first kappa shape index (κ1) is 14.6. The fourth-order valence-electron chi connectivity index (χ4n) is 2.79. The van der Waals surface area contributed by atoms with Crippen LogP contribution in [0.1, 0.15) is 12.5 Å². The molecule has 3 heteroatoms. The average molecular weight is 294 g/mol. The van der Waals surface area contributed by atoms with Crippen molar-refractivity contribution >= 4 is 10.8 Å². The molecular formula is C19H18O3. The van der Waals surface area contributed by atoms with Crippen molar-refractivity contribution in [1.29, 1.82) is 0 Å². The zero-order chi connectivity index (χ0) is 15.8. The minimum absolute atomic E-state index is 0.396. The SMILES string of the molecule is C#CC1(Cc2cccc3ccccc23)OC(C)(OC)OC1=C. The third-order valence-corrected chi connectivity index (χ3v) is 4.04. The van der Waals surface area contributed by atoms with Gasteiger partial charge in [0.2, 0.25) is 0 Å². The molecule has 0 aromatic heterocycles. The van der Waals surface area contributed by atoms with Gasteiger partial charge in [0.1, 0.15) is 5.76 Å². The highest BCUT2D eigenvalue weighted by molar-refractivity contribution is 5.85. The molecule has 3 rings (SSSR count). The van der Waals surface area contributed by atoms with Crippen LogP contribution in [0.5, 0.6) is 0 Å². The van der Waals surface area contributed by atoms with E-state index < -0.39 is 11.6 Å². The molecule has 1 aliphatic heterocycles. The van der Waals surface area contributed by atoms with Crippen LogP contribution < -0.4 is 0 Å². The molecule has 2 aromatic rings. The lowest BCUT2D eigenvalue weighted by Gasteiger charge is -2.24. The molecule has 1 fully saturated rings. The van der Waals surface area contributed by atoms with Gasteiger partial charge in [0.25, 0.3) is 0 Å². The summed E-state index contributed by atoms with van der Waals surface area (Å²) in [6.45, 7) is 5.61. The molecule has 0 bridgehead atoms. The van der Waals surface area contributed by atoms with Crippen molar-refractivity contribution < 1.29 is 14.2 Å². The fraction of sp³-hybridized carbons (Fsp3) is 0.263. The van der Waals surface area contributed by atoms with Crippen LogP contribution in [0.15, 0.2) is 54.8 Å². The van der Waals surface area contributed by atoms with Crippen LogP contribution in [0.3, 0.4) is 0 Å². The quantitative estimate of drug-likeness (QED) is 0.809. The molecule has 22 heavy (non-hydrogen) atoms. The molecule has 0 spiro atoms. The standard InChI is InChI=1S/C19H18O3/c1-5-19(14(2)21-18(3,20-4)22-19)13-16-11-8-10-15-9-6-7-12-17(15)16/h1,6-12H,2,13H2,3-4H3. The van der Waals surface area contributed by atoms with Crippen molar-refractivity contribution in [2.24, 2.45) is 0 Å². The second-order valence-electron chi connectivity index (χ2n) is 5.48. The minimum atomic E-state index is -1.20.